The van der Waals surface area contributed by atoms with Crippen molar-refractivity contribution in [3.63, 3.8) is 0 Å². The van der Waals surface area contributed by atoms with Crippen LogP contribution in [0.3, 0.4) is 0 Å². The minimum atomic E-state index is -1.06. The van der Waals surface area contributed by atoms with Crippen molar-refractivity contribution in [3.8, 4) is 11.5 Å². The molecule has 0 heterocycles. The molecule has 0 aliphatic rings. The van der Waals surface area contributed by atoms with Crippen LogP contribution >= 0.6 is 0 Å². The van der Waals surface area contributed by atoms with Gasteiger partial charge in [-0.05, 0) is 18.6 Å². The summed E-state index contributed by atoms with van der Waals surface area (Å²) in [6.07, 6.45) is 0.411. The molecule has 0 fully saturated rings. The summed E-state index contributed by atoms with van der Waals surface area (Å²) < 4.78 is 10.3. The zero-order valence-electron chi connectivity index (χ0n) is 10.1. The number of hydrogen-bond donors (Lipinski definition) is 1. The first-order valence-corrected chi connectivity index (χ1v) is 5.33. The van der Waals surface area contributed by atoms with Gasteiger partial charge in [0, 0.05) is 18.5 Å². The van der Waals surface area contributed by atoms with Crippen molar-refractivity contribution in [2.24, 2.45) is 0 Å². The van der Waals surface area contributed by atoms with E-state index >= 15 is 0 Å². The number of methoxy groups -OCH3 is 2. The normalized spacial score (nSPS) is 11.9. The number of carboxylic acid groups (broad SMARTS) is 1. The number of benzene rings is 1. The smallest absolute Gasteiger partial charge is 0.131 e. The number of carboxylic acids is 1. The molecule has 5 heteroatoms. The van der Waals surface area contributed by atoms with Gasteiger partial charge in [-0.2, -0.15) is 0 Å². The third kappa shape index (κ3) is 3.64. The highest BCUT2D eigenvalue weighted by atomic mass is 16.5. The van der Waals surface area contributed by atoms with E-state index in [1.807, 2.05) is 6.07 Å². The predicted octanol–water partition coefficient (Wildman–Crippen LogP) is -0.483. The van der Waals surface area contributed by atoms with Gasteiger partial charge in [-0.25, -0.2) is 0 Å². The molecule has 0 aromatic heterocycles. The van der Waals surface area contributed by atoms with Crippen LogP contribution in [0.2, 0.25) is 0 Å². The van der Waals surface area contributed by atoms with Gasteiger partial charge in [-0.3, -0.25) is 0 Å². The Morgan fingerprint density at radius 1 is 1.41 bits per heavy atom. The van der Waals surface area contributed by atoms with E-state index in [1.165, 1.54) is 0 Å². The second kappa shape index (κ2) is 6.10. The first-order valence-electron chi connectivity index (χ1n) is 5.33. The maximum Gasteiger partial charge on any atom is 0.131 e. The van der Waals surface area contributed by atoms with Crippen LogP contribution in [0, 0.1) is 0 Å². The quantitative estimate of drug-likeness (QED) is 0.726. The molecule has 3 N–H and O–H groups in total. The van der Waals surface area contributed by atoms with Crippen LogP contribution in [-0.2, 0) is 4.79 Å². The zero-order valence-corrected chi connectivity index (χ0v) is 10.1. The molecule has 5 nitrogen and oxygen atoms in total. The lowest BCUT2D eigenvalue weighted by atomic mass is 10.0. The van der Waals surface area contributed by atoms with E-state index in [0.29, 0.717) is 17.9 Å². The van der Waals surface area contributed by atoms with Gasteiger partial charge in [-0.1, -0.05) is 0 Å². The minimum Gasteiger partial charge on any atom is -0.550 e. The molecule has 0 saturated carbocycles. The third-order valence-electron chi connectivity index (χ3n) is 2.58. The van der Waals surface area contributed by atoms with Gasteiger partial charge < -0.3 is 25.1 Å². The molecule has 1 aromatic carbocycles. The van der Waals surface area contributed by atoms with Crippen molar-refractivity contribution in [2.45, 2.75) is 18.9 Å². The topological polar surface area (TPSA) is 86.2 Å². The van der Waals surface area contributed by atoms with E-state index in [4.69, 9.17) is 9.47 Å². The minimum absolute atomic E-state index is 0.0106. The van der Waals surface area contributed by atoms with Crippen molar-refractivity contribution >= 4 is 5.97 Å². The van der Waals surface area contributed by atoms with Gasteiger partial charge in [0.2, 0.25) is 0 Å². The van der Waals surface area contributed by atoms with E-state index in [0.717, 1.165) is 5.56 Å². The number of carbonyl (C=O) groups excluding carboxylic acids is 1. The first kappa shape index (κ1) is 13.3. The molecule has 0 unspecified atom stereocenters. The molecular formula is C12H17NO4. The largest absolute Gasteiger partial charge is 0.550 e. The van der Waals surface area contributed by atoms with Crippen molar-refractivity contribution < 1.29 is 25.1 Å². The highest BCUT2D eigenvalue weighted by Crippen LogP contribution is 2.29. The molecule has 0 radical (unpaired) electrons. The van der Waals surface area contributed by atoms with Crippen molar-refractivity contribution in [1.82, 2.24) is 0 Å². The Bertz CT molecular complexity index is 392. The predicted molar refractivity (Wildman–Crippen MR) is 59.4 cm³/mol. The molecule has 1 rings (SSSR count). The number of ether oxygens (including phenoxy) is 2. The van der Waals surface area contributed by atoms with Crippen molar-refractivity contribution in [3.05, 3.63) is 23.8 Å². The highest BCUT2D eigenvalue weighted by molar-refractivity contribution is 5.64. The lowest BCUT2D eigenvalue weighted by Crippen LogP contribution is -2.53. The SMILES string of the molecule is COc1ccc([C@H]([NH3+])CCC(=O)[O-])c(OC)c1. The van der Waals surface area contributed by atoms with Crippen molar-refractivity contribution in [1.29, 1.82) is 0 Å². The molecule has 0 amide bonds. The van der Waals surface area contributed by atoms with Crippen LogP contribution in [0.4, 0.5) is 0 Å². The third-order valence-corrected chi connectivity index (χ3v) is 2.58. The Morgan fingerprint density at radius 2 is 2.12 bits per heavy atom. The number of hydrogen-bond acceptors (Lipinski definition) is 4. The van der Waals surface area contributed by atoms with Gasteiger partial charge in [0.15, 0.2) is 0 Å². The average Bonchev–Trinajstić information content (AvgIpc) is 2.34. The molecule has 0 aliphatic carbocycles. The fourth-order valence-electron chi connectivity index (χ4n) is 1.60. The summed E-state index contributed by atoms with van der Waals surface area (Å²) in [5, 5.41) is 10.4. The lowest BCUT2D eigenvalue weighted by Gasteiger charge is -2.14. The summed E-state index contributed by atoms with van der Waals surface area (Å²) in [5.74, 6) is 0.284. The van der Waals surface area contributed by atoms with Gasteiger partial charge >= 0.3 is 0 Å². The fraction of sp³-hybridized carbons (Fsp3) is 0.417. The van der Waals surface area contributed by atoms with Crippen LogP contribution in [0.15, 0.2) is 18.2 Å². The zero-order chi connectivity index (χ0) is 12.8. The molecule has 94 valence electrons. The average molecular weight is 239 g/mol. The Kier molecular flexibility index (Phi) is 4.78. The maximum atomic E-state index is 10.4. The molecule has 17 heavy (non-hydrogen) atoms. The van der Waals surface area contributed by atoms with Crippen LogP contribution in [-0.4, -0.2) is 20.2 Å². The number of rotatable bonds is 6. The van der Waals surface area contributed by atoms with Gasteiger partial charge in [0.1, 0.15) is 17.5 Å². The number of aliphatic carboxylic acids is 1. The van der Waals surface area contributed by atoms with Crippen LogP contribution in [0.1, 0.15) is 24.4 Å². The lowest BCUT2D eigenvalue weighted by molar-refractivity contribution is -0.429. The Hall–Kier alpha value is -1.75. The number of quaternary nitrogens is 1. The standard InChI is InChI=1S/C12H17NO4/c1-16-8-3-4-9(11(7-8)17-2)10(13)5-6-12(14)15/h3-4,7,10H,5-6,13H2,1-2H3,(H,14,15)/t10-/m1/s1. The second-order valence-corrected chi connectivity index (χ2v) is 3.72. The Balaban J connectivity index is 2.84. The first-order chi connectivity index (χ1) is 8.08. The van der Waals surface area contributed by atoms with Gasteiger partial charge in [-0.15, -0.1) is 0 Å². The summed E-state index contributed by atoms with van der Waals surface area (Å²) >= 11 is 0. The summed E-state index contributed by atoms with van der Waals surface area (Å²) in [7, 11) is 3.13. The highest BCUT2D eigenvalue weighted by Gasteiger charge is 2.15. The monoisotopic (exact) mass is 239 g/mol. The molecule has 1 atom stereocenters. The molecule has 0 aliphatic heterocycles. The maximum absolute atomic E-state index is 10.4. The number of carbonyl (C=O) groups is 1. The summed E-state index contributed by atoms with van der Waals surface area (Å²) in [6, 6.07) is 5.25. The van der Waals surface area contributed by atoms with Gasteiger partial charge in [0.05, 0.1) is 19.8 Å². The van der Waals surface area contributed by atoms with Crippen LogP contribution in [0.25, 0.3) is 0 Å². The molecule has 0 spiro atoms. The van der Waals surface area contributed by atoms with Crippen LogP contribution < -0.4 is 20.3 Å². The van der Waals surface area contributed by atoms with E-state index < -0.39 is 5.97 Å². The summed E-state index contributed by atoms with van der Waals surface area (Å²) in [5.41, 5.74) is 4.80. The van der Waals surface area contributed by atoms with Gasteiger partial charge in [0.25, 0.3) is 0 Å². The van der Waals surface area contributed by atoms with E-state index in [-0.39, 0.29) is 12.5 Å². The molecule has 0 bridgehead atoms. The molecular weight excluding hydrogens is 222 g/mol. The van der Waals surface area contributed by atoms with Crippen molar-refractivity contribution in [2.75, 3.05) is 14.2 Å². The second-order valence-electron chi connectivity index (χ2n) is 3.72. The molecule has 1 aromatic rings. The van der Waals surface area contributed by atoms with E-state index in [1.54, 1.807) is 26.4 Å². The van der Waals surface area contributed by atoms with Crippen LogP contribution in [0.5, 0.6) is 11.5 Å². The Labute approximate surface area is 100 Å². The molecule has 0 saturated heterocycles. The fourth-order valence-corrected chi connectivity index (χ4v) is 1.60. The summed E-state index contributed by atoms with van der Waals surface area (Å²) in [6.45, 7) is 0. The van der Waals surface area contributed by atoms with E-state index in [2.05, 4.69) is 5.73 Å². The van der Waals surface area contributed by atoms with E-state index in [9.17, 15) is 9.90 Å². The summed E-state index contributed by atoms with van der Waals surface area (Å²) in [4.78, 5) is 10.4. The Morgan fingerprint density at radius 3 is 2.65 bits per heavy atom.